The van der Waals surface area contributed by atoms with Gasteiger partial charge in [0.1, 0.15) is 6.04 Å². The zero-order valence-electron chi connectivity index (χ0n) is 11.1. The van der Waals surface area contributed by atoms with Crippen molar-refractivity contribution in [2.24, 2.45) is 11.7 Å². The van der Waals surface area contributed by atoms with Gasteiger partial charge in [-0.25, -0.2) is 0 Å². The van der Waals surface area contributed by atoms with E-state index >= 15 is 0 Å². The predicted octanol–water partition coefficient (Wildman–Crippen LogP) is 2.66. The molecule has 0 saturated heterocycles. The minimum atomic E-state index is -0.564. The molecule has 1 atom stereocenters. The van der Waals surface area contributed by atoms with Crippen molar-refractivity contribution < 1.29 is 4.79 Å². The van der Waals surface area contributed by atoms with Crippen molar-refractivity contribution in [3.8, 4) is 0 Å². The molecule has 0 spiro atoms. The summed E-state index contributed by atoms with van der Waals surface area (Å²) in [4.78, 5) is 11.8. The van der Waals surface area contributed by atoms with Gasteiger partial charge in [0.15, 0.2) is 0 Å². The Morgan fingerprint density at radius 1 is 1.22 bits per heavy atom. The number of hydrogen-bond acceptors (Lipinski definition) is 2. The molecule has 4 heteroatoms. The molecule has 0 heterocycles. The first-order chi connectivity index (χ1) is 8.19. The molecule has 0 aliphatic carbocycles. The lowest BCUT2D eigenvalue weighted by Gasteiger charge is -2.16. The predicted molar refractivity (Wildman–Crippen MR) is 77.7 cm³/mol. The van der Waals surface area contributed by atoms with E-state index < -0.39 is 6.04 Å². The minimum Gasteiger partial charge on any atom is -0.354 e. The Hall–Kier alpha value is -1.06. The second-order valence-electron chi connectivity index (χ2n) is 4.32. The highest BCUT2D eigenvalue weighted by molar-refractivity contribution is 5.85. The van der Waals surface area contributed by atoms with Gasteiger partial charge in [-0.15, -0.1) is 12.4 Å². The Labute approximate surface area is 116 Å². The van der Waals surface area contributed by atoms with E-state index in [1.54, 1.807) is 0 Å². The highest BCUT2D eigenvalue weighted by Gasteiger charge is 2.15. The molecule has 3 nitrogen and oxygen atoms in total. The van der Waals surface area contributed by atoms with Crippen LogP contribution in [0.5, 0.6) is 0 Å². The lowest BCUT2D eigenvalue weighted by atomic mass is 10.0. The SMILES string of the molecule is CCC(CC)CNC(=O)C(N)c1ccccc1.Cl. The number of carbonyl (C=O) groups is 1. The molecule has 0 fully saturated rings. The van der Waals surface area contributed by atoms with Gasteiger partial charge in [0.25, 0.3) is 0 Å². The lowest BCUT2D eigenvalue weighted by Crippen LogP contribution is -2.36. The minimum absolute atomic E-state index is 0. The van der Waals surface area contributed by atoms with Crippen LogP contribution in [0.15, 0.2) is 30.3 Å². The molecule has 0 aliphatic heterocycles. The van der Waals surface area contributed by atoms with Crippen LogP contribution in [0, 0.1) is 5.92 Å². The molecule has 0 aromatic heterocycles. The molecule has 3 N–H and O–H groups in total. The number of rotatable bonds is 6. The van der Waals surface area contributed by atoms with E-state index in [0.717, 1.165) is 18.4 Å². The van der Waals surface area contributed by atoms with Crippen LogP contribution in [-0.2, 0) is 4.79 Å². The Morgan fingerprint density at radius 3 is 2.28 bits per heavy atom. The first-order valence-electron chi connectivity index (χ1n) is 6.27. The maximum Gasteiger partial charge on any atom is 0.241 e. The van der Waals surface area contributed by atoms with Crippen molar-refractivity contribution in [3.63, 3.8) is 0 Å². The van der Waals surface area contributed by atoms with Gasteiger partial charge < -0.3 is 11.1 Å². The van der Waals surface area contributed by atoms with E-state index in [1.807, 2.05) is 30.3 Å². The van der Waals surface area contributed by atoms with Crippen LogP contribution >= 0.6 is 12.4 Å². The molecule has 0 radical (unpaired) electrons. The largest absolute Gasteiger partial charge is 0.354 e. The number of benzene rings is 1. The first kappa shape index (κ1) is 16.9. The van der Waals surface area contributed by atoms with E-state index in [1.165, 1.54) is 0 Å². The highest BCUT2D eigenvalue weighted by Crippen LogP contribution is 2.10. The molecule has 1 rings (SSSR count). The second kappa shape index (κ2) is 8.95. The van der Waals surface area contributed by atoms with Crippen LogP contribution in [0.1, 0.15) is 38.3 Å². The third-order valence-corrected chi connectivity index (χ3v) is 3.16. The van der Waals surface area contributed by atoms with Gasteiger partial charge in [-0.2, -0.15) is 0 Å². The third-order valence-electron chi connectivity index (χ3n) is 3.16. The Morgan fingerprint density at radius 2 is 1.78 bits per heavy atom. The molecule has 18 heavy (non-hydrogen) atoms. The van der Waals surface area contributed by atoms with E-state index in [9.17, 15) is 4.79 Å². The van der Waals surface area contributed by atoms with Gasteiger partial charge in [0.05, 0.1) is 0 Å². The summed E-state index contributed by atoms with van der Waals surface area (Å²) in [6.07, 6.45) is 2.16. The maximum absolute atomic E-state index is 11.8. The Balaban J connectivity index is 0.00000289. The summed E-state index contributed by atoms with van der Waals surface area (Å²) in [5.41, 5.74) is 6.75. The van der Waals surface area contributed by atoms with E-state index in [-0.39, 0.29) is 18.3 Å². The molecular formula is C14H23ClN2O. The quantitative estimate of drug-likeness (QED) is 0.835. The topological polar surface area (TPSA) is 55.1 Å². The van der Waals surface area contributed by atoms with Gasteiger partial charge in [0, 0.05) is 6.54 Å². The summed E-state index contributed by atoms with van der Waals surface area (Å²) in [6.45, 7) is 4.99. The molecule has 1 amide bonds. The molecule has 0 saturated carbocycles. The van der Waals surface area contributed by atoms with E-state index in [4.69, 9.17) is 5.73 Å². The van der Waals surface area contributed by atoms with Crippen molar-refractivity contribution in [3.05, 3.63) is 35.9 Å². The number of nitrogens with one attached hydrogen (secondary N) is 1. The number of halogens is 1. The first-order valence-corrected chi connectivity index (χ1v) is 6.27. The number of carbonyl (C=O) groups excluding carboxylic acids is 1. The highest BCUT2D eigenvalue weighted by atomic mass is 35.5. The van der Waals surface area contributed by atoms with Gasteiger partial charge in [-0.3, -0.25) is 4.79 Å². The molecule has 0 aliphatic rings. The zero-order chi connectivity index (χ0) is 12.7. The van der Waals surface area contributed by atoms with E-state index in [0.29, 0.717) is 12.5 Å². The van der Waals surface area contributed by atoms with Crippen LogP contribution in [-0.4, -0.2) is 12.5 Å². The van der Waals surface area contributed by atoms with E-state index in [2.05, 4.69) is 19.2 Å². The molecule has 1 aromatic rings. The number of hydrogen-bond donors (Lipinski definition) is 2. The zero-order valence-corrected chi connectivity index (χ0v) is 11.9. The van der Waals surface area contributed by atoms with Crippen molar-refractivity contribution in [1.82, 2.24) is 5.32 Å². The number of nitrogens with two attached hydrogens (primary N) is 1. The van der Waals surface area contributed by atoms with Crippen LogP contribution in [0.4, 0.5) is 0 Å². The normalized spacial score (nSPS) is 11.8. The average Bonchev–Trinajstić information content (AvgIpc) is 2.39. The van der Waals surface area contributed by atoms with Crippen LogP contribution < -0.4 is 11.1 Å². The van der Waals surface area contributed by atoms with Crippen molar-refractivity contribution >= 4 is 18.3 Å². The van der Waals surface area contributed by atoms with Gasteiger partial charge in [-0.1, -0.05) is 57.0 Å². The van der Waals surface area contributed by atoms with Crippen LogP contribution in [0.3, 0.4) is 0 Å². The summed E-state index contributed by atoms with van der Waals surface area (Å²) >= 11 is 0. The maximum atomic E-state index is 11.8. The summed E-state index contributed by atoms with van der Waals surface area (Å²) < 4.78 is 0. The van der Waals surface area contributed by atoms with Crippen LogP contribution in [0.25, 0.3) is 0 Å². The second-order valence-corrected chi connectivity index (χ2v) is 4.32. The number of amides is 1. The summed E-state index contributed by atoms with van der Waals surface area (Å²) in [6, 6.07) is 8.89. The van der Waals surface area contributed by atoms with Gasteiger partial charge >= 0.3 is 0 Å². The van der Waals surface area contributed by atoms with Gasteiger partial charge in [0.2, 0.25) is 5.91 Å². The third kappa shape index (κ3) is 5.07. The Kier molecular flexibility index (Phi) is 8.42. The molecule has 0 bridgehead atoms. The molecule has 102 valence electrons. The van der Waals surface area contributed by atoms with Crippen molar-refractivity contribution in [2.45, 2.75) is 32.7 Å². The summed E-state index contributed by atoms with van der Waals surface area (Å²) in [7, 11) is 0. The van der Waals surface area contributed by atoms with Crippen LogP contribution in [0.2, 0.25) is 0 Å². The summed E-state index contributed by atoms with van der Waals surface area (Å²) in [5, 5.41) is 2.92. The Bertz CT molecular complexity index is 339. The smallest absolute Gasteiger partial charge is 0.241 e. The van der Waals surface area contributed by atoms with Gasteiger partial charge in [-0.05, 0) is 11.5 Å². The fourth-order valence-electron chi connectivity index (χ4n) is 1.74. The average molecular weight is 271 g/mol. The lowest BCUT2D eigenvalue weighted by molar-refractivity contribution is -0.122. The fraction of sp³-hybridized carbons (Fsp3) is 0.500. The molecular weight excluding hydrogens is 248 g/mol. The molecule has 1 aromatic carbocycles. The van der Waals surface area contributed by atoms with Crippen molar-refractivity contribution in [1.29, 1.82) is 0 Å². The standard InChI is InChI=1S/C14H22N2O.ClH/c1-3-11(4-2)10-16-14(17)13(15)12-8-6-5-7-9-12;/h5-9,11,13H,3-4,10,15H2,1-2H3,(H,16,17);1H. The summed E-state index contributed by atoms with van der Waals surface area (Å²) in [5.74, 6) is 0.449. The monoisotopic (exact) mass is 270 g/mol. The molecule has 1 unspecified atom stereocenters. The van der Waals surface area contributed by atoms with Crippen molar-refractivity contribution in [2.75, 3.05) is 6.54 Å². The fourth-order valence-corrected chi connectivity index (χ4v) is 1.74.